The molecule has 0 saturated heterocycles. The standard InChI is InChI=1S/C22H27N3O4/c1-3-13-25(14-4-2)20(26)17-9-11-19(12-10-17)24-22(29)23-15-16-5-7-18(8-6-16)21(27)28/h5-12H,3-4,13-15H2,1-2H3,(H,27,28)(H2,23,24,29). The molecule has 2 rings (SSSR count). The van der Waals surface area contributed by atoms with Crippen LogP contribution in [0.2, 0.25) is 0 Å². The highest BCUT2D eigenvalue weighted by Crippen LogP contribution is 2.12. The van der Waals surface area contributed by atoms with Gasteiger partial charge in [0.25, 0.3) is 5.91 Å². The van der Waals surface area contributed by atoms with Gasteiger partial charge in [0.15, 0.2) is 0 Å². The summed E-state index contributed by atoms with van der Waals surface area (Å²) in [5.74, 6) is -0.994. The number of carboxylic acid groups (broad SMARTS) is 1. The first-order valence-corrected chi connectivity index (χ1v) is 9.71. The Bertz CT molecular complexity index is 826. The Balaban J connectivity index is 1.89. The van der Waals surface area contributed by atoms with Crippen molar-refractivity contribution in [2.75, 3.05) is 18.4 Å². The average molecular weight is 397 g/mol. The summed E-state index contributed by atoms with van der Waals surface area (Å²) in [7, 11) is 0. The van der Waals surface area contributed by atoms with Gasteiger partial charge < -0.3 is 20.6 Å². The first-order chi connectivity index (χ1) is 13.9. The van der Waals surface area contributed by atoms with Crippen molar-refractivity contribution < 1.29 is 19.5 Å². The van der Waals surface area contributed by atoms with E-state index < -0.39 is 5.97 Å². The quantitative estimate of drug-likeness (QED) is 0.596. The molecule has 3 amide bonds. The predicted molar refractivity (Wildman–Crippen MR) is 112 cm³/mol. The molecule has 7 nitrogen and oxygen atoms in total. The molecule has 0 aromatic heterocycles. The second-order valence-corrected chi connectivity index (χ2v) is 6.68. The van der Waals surface area contributed by atoms with E-state index in [1.54, 1.807) is 36.4 Å². The number of nitrogens with one attached hydrogen (secondary N) is 2. The Morgan fingerprint density at radius 3 is 1.93 bits per heavy atom. The summed E-state index contributed by atoms with van der Waals surface area (Å²) in [4.78, 5) is 37.3. The predicted octanol–water partition coefficient (Wildman–Crippen LogP) is 3.97. The number of carbonyl (C=O) groups excluding carboxylic acids is 2. The number of hydrogen-bond donors (Lipinski definition) is 3. The Hall–Kier alpha value is -3.35. The maximum Gasteiger partial charge on any atom is 0.335 e. The molecule has 0 saturated carbocycles. The smallest absolute Gasteiger partial charge is 0.335 e. The van der Waals surface area contributed by atoms with Gasteiger partial charge in [0.2, 0.25) is 0 Å². The molecule has 29 heavy (non-hydrogen) atoms. The zero-order valence-electron chi connectivity index (χ0n) is 16.8. The molecule has 0 aliphatic rings. The molecule has 0 aliphatic carbocycles. The molecule has 0 spiro atoms. The lowest BCUT2D eigenvalue weighted by molar-refractivity contribution is 0.0695. The largest absolute Gasteiger partial charge is 0.478 e. The lowest BCUT2D eigenvalue weighted by Crippen LogP contribution is -2.32. The number of anilines is 1. The summed E-state index contributed by atoms with van der Waals surface area (Å²) in [6.45, 7) is 5.81. The summed E-state index contributed by atoms with van der Waals surface area (Å²) in [5, 5.41) is 14.3. The van der Waals surface area contributed by atoms with Crippen molar-refractivity contribution >= 4 is 23.6 Å². The normalized spacial score (nSPS) is 10.3. The number of carboxylic acids is 1. The van der Waals surface area contributed by atoms with Gasteiger partial charge in [-0.3, -0.25) is 4.79 Å². The minimum Gasteiger partial charge on any atom is -0.478 e. The fourth-order valence-corrected chi connectivity index (χ4v) is 2.86. The highest BCUT2D eigenvalue weighted by molar-refractivity contribution is 5.95. The second-order valence-electron chi connectivity index (χ2n) is 6.68. The van der Waals surface area contributed by atoms with Crippen LogP contribution in [0.4, 0.5) is 10.5 Å². The van der Waals surface area contributed by atoms with E-state index in [9.17, 15) is 14.4 Å². The Morgan fingerprint density at radius 2 is 1.41 bits per heavy atom. The van der Waals surface area contributed by atoms with Gasteiger partial charge in [-0.2, -0.15) is 0 Å². The van der Waals surface area contributed by atoms with Crippen LogP contribution >= 0.6 is 0 Å². The van der Waals surface area contributed by atoms with Crippen LogP contribution in [0.3, 0.4) is 0 Å². The molecule has 0 heterocycles. The van der Waals surface area contributed by atoms with Gasteiger partial charge in [-0.1, -0.05) is 26.0 Å². The Morgan fingerprint density at radius 1 is 0.862 bits per heavy atom. The van der Waals surface area contributed by atoms with Gasteiger partial charge in [0.1, 0.15) is 0 Å². The Kier molecular flexibility index (Phi) is 8.21. The molecule has 0 radical (unpaired) electrons. The molecule has 2 aromatic carbocycles. The summed E-state index contributed by atoms with van der Waals surface area (Å²) in [6, 6.07) is 12.7. The van der Waals surface area contributed by atoms with Crippen molar-refractivity contribution in [3.8, 4) is 0 Å². The van der Waals surface area contributed by atoms with Crippen LogP contribution in [0.15, 0.2) is 48.5 Å². The fourth-order valence-electron chi connectivity index (χ4n) is 2.86. The van der Waals surface area contributed by atoms with Crippen LogP contribution in [0.5, 0.6) is 0 Å². The van der Waals surface area contributed by atoms with Crippen LogP contribution in [0.1, 0.15) is 53.0 Å². The molecule has 0 atom stereocenters. The monoisotopic (exact) mass is 397 g/mol. The van der Waals surface area contributed by atoms with Crippen molar-refractivity contribution in [3.05, 3.63) is 65.2 Å². The molecule has 3 N–H and O–H groups in total. The van der Waals surface area contributed by atoms with E-state index in [0.29, 0.717) is 11.3 Å². The SMILES string of the molecule is CCCN(CCC)C(=O)c1ccc(NC(=O)NCc2ccc(C(=O)O)cc2)cc1. The van der Waals surface area contributed by atoms with Crippen molar-refractivity contribution in [2.45, 2.75) is 33.2 Å². The fraction of sp³-hybridized carbons (Fsp3) is 0.318. The third-order valence-electron chi connectivity index (χ3n) is 4.32. The van der Waals surface area contributed by atoms with E-state index in [-0.39, 0.29) is 24.0 Å². The lowest BCUT2D eigenvalue weighted by atomic mass is 10.1. The lowest BCUT2D eigenvalue weighted by Gasteiger charge is -2.21. The van der Waals surface area contributed by atoms with Gasteiger partial charge in [-0.15, -0.1) is 0 Å². The zero-order valence-corrected chi connectivity index (χ0v) is 16.8. The third-order valence-corrected chi connectivity index (χ3v) is 4.32. The summed E-state index contributed by atoms with van der Waals surface area (Å²) >= 11 is 0. The summed E-state index contributed by atoms with van der Waals surface area (Å²) in [5.41, 5.74) is 2.16. The Labute approximate surface area is 170 Å². The molecule has 2 aromatic rings. The van der Waals surface area contributed by atoms with Gasteiger partial charge in [0, 0.05) is 30.9 Å². The van der Waals surface area contributed by atoms with E-state index in [1.165, 1.54) is 12.1 Å². The molecule has 154 valence electrons. The number of nitrogens with zero attached hydrogens (tertiary/aromatic N) is 1. The van der Waals surface area contributed by atoms with E-state index in [0.717, 1.165) is 31.5 Å². The number of rotatable bonds is 9. The van der Waals surface area contributed by atoms with Crippen molar-refractivity contribution in [3.63, 3.8) is 0 Å². The molecule has 0 unspecified atom stereocenters. The number of hydrogen-bond acceptors (Lipinski definition) is 3. The zero-order chi connectivity index (χ0) is 21.2. The van der Waals surface area contributed by atoms with Crippen molar-refractivity contribution in [1.82, 2.24) is 10.2 Å². The van der Waals surface area contributed by atoms with Crippen LogP contribution in [-0.4, -0.2) is 41.0 Å². The van der Waals surface area contributed by atoms with Crippen LogP contribution in [0, 0.1) is 0 Å². The van der Waals surface area contributed by atoms with Crippen molar-refractivity contribution in [2.24, 2.45) is 0 Å². The minimum atomic E-state index is -0.989. The van der Waals surface area contributed by atoms with Crippen LogP contribution in [-0.2, 0) is 6.54 Å². The molecule has 0 fully saturated rings. The van der Waals surface area contributed by atoms with E-state index in [4.69, 9.17) is 5.11 Å². The topological polar surface area (TPSA) is 98.7 Å². The summed E-state index contributed by atoms with van der Waals surface area (Å²) in [6.07, 6.45) is 1.81. The van der Waals surface area contributed by atoms with Gasteiger partial charge in [-0.25, -0.2) is 9.59 Å². The number of urea groups is 1. The molecular formula is C22H27N3O4. The number of amides is 3. The van der Waals surface area contributed by atoms with Crippen LogP contribution < -0.4 is 10.6 Å². The molecular weight excluding hydrogens is 370 g/mol. The first-order valence-electron chi connectivity index (χ1n) is 9.71. The first kappa shape index (κ1) is 21.9. The summed E-state index contributed by atoms with van der Waals surface area (Å²) < 4.78 is 0. The highest BCUT2D eigenvalue weighted by atomic mass is 16.4. The van der Waals surface area contributed by atoms with E-state index in [1.807, 2.05) is 18.7 Å². The maximum atomic E-state index is 12.6. The molecule has 7 heteroatoms. The number of aromatic carboxylic acids is 1. The average Bonchev–Trinajstić information content (AvgIpc) is 2.72. The van der Waals surface area contributed by atoms with E-state index >= 15 is 0 Å². The van der Waals surface area contributed by atoms with Crippen molar-refractivity contribution in [1.29, 1.82) is 0 Å². The number of carbonyl (C=O) groups is 3. The second kappa shape index (κ2) is 10.8. The van der Waals surface area contributed by atoms with Gasteiger partial charge >= 0.3 is 12.0 Å². The van der Waals surface area contributed by atoms with Gasteiger partial charge in [0.05, 0.1) is 5.56 Å². The minimum absolute atomic E-state index is 0.00508. The third kappa shape index (κ3) is 6.64. The van der Waals surface area contributed by atoms with E-state index in [2.05, 4.69) is 10.6 Å². The molecule has 0 aliphatic heterocycles. The maximum absolute atomic E-state index is 12.6. The highest BCUT2D eigenvalue weighted by Gasteiger charge is 2.14. The molecule has 0 bridgehead atoms. The van der Waals surface area contributed by atoms with Gasteiger partial charge in [-0.05, 0) is 54.8 Å². The van der Waals surface area contributed by atoms with Crippen LogP contribution in [0.25, 0.3) is 0 Å². The number of benzene rings is 2.